The van der Waals surface area contributed by atoms with Crippen LogP contribution in [-0.4, -0.2) is 59.5 Å². The Morgan fingerprint density at radius 2 is 1.70 bits per heavy atom. The number of para-hydroxylation sites is 1. The summed E-state index contributed by atoms with van der Waals surface area (Å²) in [6.45, 7) is 3.27. The minimum Gasteiger partial charge on any atom is -0.465 e. The minimum absolute atomic E-state index is 0.00212. The highest BCUT2D eigenvalue weighted by Gasteiger charge is 2.23. The summed E-state index contributed by atoms with van der Waals surface area (Å²) in [6.07, 6.45) is 1.68. The molecule has 1 amide bonds. The molecule has 30 heavy (non-hydrogen) atoms. The van der Waals surface area contributed by atoms with Crippen molar-refractivity contribution in [2.45, 2.75) is 13.1 Å². The molecule has 3 aromatic rings. The van der Waals surface area contributed by atoms with Crippen LogP contribution in [0, 0.1) is 5.82 Å². The lowest BCUT2D eigenvalue weighted by Crippen LogP contribution is -2.49. The van der Waals surface area contributed by atoms with E-state index in [4.69, 9.17) is 4.74 Å². The molecule has 0 N–H and O–H groups in total. The molecule has 156 valence electrons. The number of carbonyl (C=O) groups excluding carboxylic acids is 2. The van der Waals surface area contributed by atoms with E-state index in [1.807, 2.05) is 35.2 Å². The predicted molar refractivity (Wildman–Crippen MR) is 112 cm³/mol. The van der Waals surface area contributed by atoms with Crippen LogP contribution in [0.2, 0.25) is 0 Å². The first-order chi connectivity index (χ1) is 14.6. The maximum absolute atomic E-state index is 13.9. The van der Waals surface area contributed by atoms with Gasteiger partial charge >= 0.3 is 5.97 Å². The second-order valence-electron chi connectivity index (χ2n) is 7.43. The van der Waals surface area contributed by atoms with E-state index in [0.29, 0.717) is 43.9 Å². The molecular formula is C23H24FN3O3. The lowest BCUT2D eigenvalue weighted by Gasteiger charge is -2.35. The van der Waals surface area contributed by atoms with Gasteiger partial charge in [0.2, 0.25) is 5.91 Å². The number of hydrogen-bond acceptors (Lipinski definition) is 4. The molecule has 1 aliphatic heterocycles. The van der Waals surface area contributed by atoms with Crippen LogP contribution < -0.4 is 0 Å². The number of rotatable bonds is 5. The summed E-state index contributed by atoms with van der Waals surface area (Å²) in [7, 11) is 1.35. The van der Waals surface area contributed by atoms with E-state index in [9.17, 15) is 14.0 Å². The molecule has 1 aliphatic rings. The molecule has 0 spiro atoms. The molecule has 0 saturated carbocycles. The monoisotopic (exact) mass is 409 g/mol. The van der Waals surface area contributed by atoms with Crippen LogP contribution in [0.5, 0.6) is 0 Å². The van der Waals surface area contributed by atoms with Gasteiger partial charge < -0.3 is 14.2 Å². The first-order valence-electron chi connectivity index (χ1n) is 9.96. The number of ether oxygens (including phenoxy) is 1. The van der Waals surface area contributed by atoms with Crippen molar-refractivity contribution in [3.63, 3.8) is 0 Å². The van der Waals surface area contributed by atoms with Crippen LogP contribution in [0.1, 0.15) is 15.9 Å². The van der Waals surface area contributed by atoms with Gasteiger partial charge in [0.25, 0.3) is 0 Å². The second-order valence-corrected chi connectivity index (χ2v) is 7.43. The number of aromatic nitrogens is 1. The molecular weight excluding hydrogens is 385 g/mol. The highest BCUT2D eigenvalue weighted by atomic mass is 19.1. The third kappa shape index (κ3) is 4.07. The Bertz CT molecular complexity index is 1070. The van der Waals surface area contributed by atoms with Crippen LogP contribution in [-0.2, 0) is 22.6 Å². The fourth-order valence-electron chi connectivity index (χ4n) is 3.92. The van der Waals surface area contributed by atoms with Gasteiger partial charge in [-0.3, -0.25) is 9.69 Å². The maximum Gasteiger partial charge on any atom is 0.340 e. The third-order valence-electron chi connectivity index (χ3n) is 5.58. The van der Waals surface area contributed by atoms with Gasteiger partial charge in [0.15, 0.2) is 0 Å². The molecule has 0 bridgehead atoms. The van der Waals surface area contributed by atoms with Gasteiger partial charge in [-0.05, 0) is 12.1 Å². The van der Waals surface area contributed by atoms with E-state index in [1.165, 1.54) is 13.2 Å². The fourth-order valence-corrected chi connectivity index (χ4v) is 3.92. The van der Waals surface area contributed by atoms with Gasteiger partial charge in [0.1, 0.15) is 12.4 Å². The zero-order chi connectivity index (χ0) is 21.1. The first kappa shape index (κ1) is 20.1. The third-order valence-corrected chi connectivity index (χ3v) is 5.58. The number of carbonyl (C=O) groups is 2. The Labute approximate surface area is 174 Å². The molecule has 0 radical (unpaired) electrons. The summed E-state index contributed by atoms with van der Waals surface area (Å²) >= 11 is 0. The minimum atomic E-state index is -0.417. The van der Waals surface area contributed by atoms with Crippen molar-refractivity contribution < 1.29 is 18.7 Å². The van der Waals surface area contributed by atoms with Crippen LogP contribution in [0.4, 0.5) is 4.39 Å². The van der Waals surface area contributed by atoms with Gasteiger partial charge in [-0.1, -0.05) is 36.4 Å². The van der Waals surface area contributed by atoms with Crippen molar-refractivity contribution in [1.82, 2.24) is 14.4 Å². The zero-order valence-corrected chi connectivity index (χ0v) is 16.9. The molecule has 6 nitrogen and oxygen atoms in total. The Kier molecular flexibility index (Phi) is 5.81. The average molecular weight is 409 g/mol. The fraction of sp³-hybridized carbons (Fsp3) is 0.304. The van der Waals surface area contributed by atoms with Crippen LogP contribution in [0.25, 0.3) is 10.9 Å². The number of esters is 1. The molecule has 0 aliphatic carbocycles. The maximum atomic E-state index is 13.9. The Hall–Kier alpha value is -3.19. The summed E-state index contributed by atoms with van der Waals surface area (Å²) in [6, 6.07) is 14.3. The van der Waals surface area contributed by atoms with Gasteiger partial charge in [0.05, 0.1) is 12.7 Å². The van der Waals surface area contributed by atoms with Gasteiger partial charge in [-0.2, -0.15) is 0 Å². The smallest absolute Gasteiger partial charge is 0.340 e. The zero-order valence-electron chi connectivity index (χ0n) is 16.9. The van der Waals surface area contributed by atoms with Gasteiger partial charge in [-0.15, -0.1) is 0 Å². The molecule has 2 aromatic carbocycles. The van der Waals surface area contributed by atoms with Crippen molar-refractivity contribution in [3.05, 3.63) is 71.7 Å². The molecule has 0 unspecified atom stereocenters. The molecule has 0 atom stereocenters. The first-order valence-corrected chi connectivity index (χ1v) is 9.96. The van der Waals surface area contributed by atoms with Crippen LogP contribution >= 0.6 is 0 Å². The predicted octanol–water partition coefficient (Wildman–Crippen LogP) is 2.91. The Morgan fingerprint density at radius 1 is 1.00 bits per heavy atom. The summed E-state index contributed by atoms with van der Waals surface area (Å²) in [5.74, 6) is -0.617. The largest absolute Gasteiger partial charge is 0.465 e. The SMILES string of the molecule is COC(=O)c1cn(CC(=O)N2CCN(Cc3ccccc3F)CC2)c2ccccc12. The van der Waals surface area contributed by atoms with Crippen molar-refractivity contribution in [2.75, 3.05) is 33.3 Å². The van der Waals surface area contributed by atoms with Gasteiger partial charge in [0, 0.05) is 55.4 Å². The number of halogens is 1. The standard InChI is InChI=1S/C23H24FN3O3/c1-30-23(29)19-15-27(21-9-5-3-7-18(19)21)16-22(28)26-12-10-25(11-13-26)14-17-6-2-4-8-20(17)24/h2-9,15H,10-14,16H2,1H3. The van der Waals surface area contributed by atoms with E-state index in [1.54, 1.807) is 22.9 Å². The summed E-state index contributed by atoms with van der Waals surface area (Å²) in [5, 5.41) is 0.770. The van der Waals surface area contributed by atoms with E-state index in [2.05, 4.69) is 4.90 Å². The number of benzene rings is 2. The highest BCUT2D eigenvalue weighted by molar-refractivity contribution is 6.04. The van der Waals surface area contributed by atoms with E-state index in [0.717, 1.165) is 10.9 Å². The lowest BCUT2D eigenvalue weighted by molar-refractivity contribution is -0.133. The number of hydrogen-bond donors (Lipinski definition) is 0. The van der Waals surface area contributed by atoms with E-state index in [-0.39, 0.29) is 18.3 Å². The molecule has 1 saturated heterocycles. The average Bonchev–Trinajstić information content (AvgIpc) is 3.14. The quantitative estimate of drug-likeness (QED) is 0.608. The Morgan fingerprint density at radius 3 is 2.43 bits per heavy atom. The van der Waals surface area contributed by atoms with E-state index >= 15 is 0 Å². The molecule has 1 aromatic heterocycles. The molecule has 7 heteroatoms. The topological polar surface area (TPSA) is 54.8 Å². The van der Waals surface area contributed by atoms with Crippen molar-refractivity contribution in [2.24, 2.45) is 0 Å². The Balaban J connectivity index is 1.41. The molecule has 2 heterocycles. The summed E-state index contributed by atoms with van der Waals surface area (Å²) in [4.78, 5) is 28.9. The van der Waals surface area contributed by atoms with Crippen molar-refractivity contribution in [3.8, 4) is 0 Å². The number of amides is 1. The van der Waals surface area contributed by atoms with Gasteiger partial charge in [-0.25, -0.2) is 9.18 Å². The number of methoxy groups -OCH3 is 1. The number of nitrogens with zero attached hydrogens (tertiary/aromatic N) is 3. The van der Waals surface area contributed by atoms with Crippen molar-refractivity contribution in [1.29, 1.82) is 0 Å². The summed E-state index contributed by atoms with van der Waals surface area (Å²) < 4.78 is 20.5. The lowest BCUT2D eigenvalue weighted by atomic mass is 10.2. The van der Waals surface area contributed by atoms with Crippen LogP contribution in [0.15, 0.2) is 54.7 Å². The normalized spacial score (nSPS) is 14.8. The van der Waals surface area contributed by atoms with Crippen LogP contribution in [0.3, 0.4) is 0 Å². The number of piperazine rings is 1. The molecule has 1 fully saturated rings. The van der Waals surface area contributed by atoms with E-state index < -0.39 is 5.97 Å². The highest BCUT2D eigenvalue weighted by Crippen LogP contribution is 2.22. The van der Waals surface area contributed by atoms with Crippen molar-refractivity contribution >= 4 is 22.8 Å². The number of fused-ring (bicyclic) bond motifs is 1. The second kappa shape index (κ2) is 8.67. The summed E-state index contributed by atoms with van der Waals surface area (Å²) in [5.41, 5.74) is 1.95. The molecule has 4 rings (SSSR count).